The summed E-state index contributed by atoms with van der Waals surface area (Å²) in [7, 11) is 1.92. The van der Waals surface area contributed by atoms with Crippen LogP contribution < -0.4 is 10.6 Å². The van der Waals surface area contributed by atoms with Gasteiger partial charge in [-0.25, -0.2) is 0 Å². The van der Waals surface area contributed by atoms with Crippen LogP contribution in [0.5, 0.6) is 0 Å². The van der Waals surface area contributed by atoms with Gasteiger partial charge in [-0.1, -0.05) is 6.92 Å². The molecular weight excluding hydrogens is 240 g/mol. The van der Waals surface area contributed by atoms with Gasteiger partial charge in [0.2, 0.25) is 0 Å². The van der Waals surface area contributed by atoms with Gasteiger partial charge in [0, 0.05) is 32.7 Å². The SMILES string of the molecule is CCN1CCN(c2c(C(=N)N)c(C)nn2C)CC1C. The Hall–Kier alpha value is -1.56. The summed E-state index contributed by atoms with van der Waals surface area (Å²) in [5, 5.41) is 12.2. The number of nitrogen functional groups attached to an aromatic ring is 1. The van der Waals surface area contributed by atoms with Gasteiger partial charge in [-0.2, -0.15) is 5.10 Å². The number of nitrogens with two attached hydrogens (primary N) is 1. The summed E-state index contributed by atoms with van der Waals surface area (Å²) in [5.41, 5.74) is 7.32. The molecule has 0 spiro atoms. The zero-order valence-electron chi connectivity index (χ0n) is 12.3. The first-order valence-electron chi connectivity index (χ1n) is 6.82. The Morgan fingerprint density at radius 3 is 2.68 bits per heavy atom. The van der Waals surface area contributed by atoms with Crippen molar-refractivity contribution in [1.29, 1.82) is 5.41 Å². The number of likely N-dealkylation sites (N-methyl/N-ethyl adjacent to an activating group) is 1. The van der Waals surface area contributed by atoms with Gasteiger partial charge in [0.1, 0.15) is 11.7 Å². The van der Waals surface area contributed by atoms with E-state index in [4.69, 9.17) is 11.1 Å². The van der Waals surface area contributed by atoms with Gasteiger partial charge < -0.3 is 10.6 Å². The summed E-state index contributed by atoms with van der Waals surface area (Å²) in [6, 6.07) is 0.508. The van der Waals surface area contributed by atoms with Gasteiger partial charge >= 0.3 is 0 Å². The highest BCUT2D eigenvalue weighted by Gasteiger charge is 2.27. The molecule has 3 N–H and O–H groups in total. The van der Waals surface area contributed by atoms with Crippen molar-refractivity contribution in [2.24, 2.45) is 12.8 Å². The lowest BCUT2D eigenvalue weighted by Crippen LogP contribution is -2.52. The average Bonchev–Trinajstić information content (AvgIpc) is 2.64. The topological polar surface area (TPSA) is 74.2 Å². The van der Waals surface area contributed by atoms with E-state index in [1.807, 2.05) is 18.7 Å². The van der Waals surface area contributed by atoms with Crippen LogP contribution in [0.1, 0.15) is 25.1 Å². The highest BCUT2D eigenvalue weighted by molar-refractivity contribution is 6.00. The normalized spacial score (nSPS) is 20.8. The number of aromatic nitrogens is 2. The third-order valence-electron chi connectivity index (χ3n) is 3.93. The molecule has 1 unspecified atom stereocenters. The lowest BCUT2D eigenvalue weighted by atomic mass is 10.1. The van der Waals surface area contributed by atoms with Gasteiger partial charge in [-0.15, -0.1) is 0 Å². The molecule has 0 aromatic carbocycles. The van der Waals surface area contributed by atoms with Gasteiger partial charge in [0.05, 0.1) is 11.3 Å². The first-order valence-corrected chi connectivity index (χ1v) is 6.82. The van der Waals surface area contributed by atoms with Crippen LogP contribution in [-0.4, -0.2) is 52.7 Å². The molecule has 0 amide bonds. The summed E-state index contributed by atoms with van der Waals surface area (Å²) >= 11 is 0. The molecule has 19 heavy (non-hydrogen) atoms. The number of amidine groups is 1. The van der Waals surface area contributed by atoms with Crippen LogP contribution >= 0.6 is 0 Å². The minimum atomic E-state index is 0.103. The van der Waals surface area contributed by atoms with Crippen LogP contribution in [0.2, 0.25) is 0 Å². The van der Waals surface area contributed by atoms with Gasteiger partial charge in [-0.3, -0.25) is 15.0 Å². The molecule has 106 valence electrons. The van der Waals surface area contributed by atoms with E-state index in [2.05, 4.69) is 28.7 Å². The van der Waals surface area contributed by atoms with E-state index >= 15 is 0 Å². The molecule has 2 rings (SSSR count). The number of anilines is 1. The van der Waals surface area contributed by atoms with E-state index in [9.17, 15) is 0 Å². The molecule has 1 aromatic rings. The molecule has 6 heteroatoms. The molecule has 1 atom stereocenters. The first-order chi connectivity index (χ1) is 8.95. The number of nitrogens with zero attached hydrogens (tertiary/aromatic N) is 4. The zero-order valence-corrected chi connectivity index (χ0v) is 12.3. The lowest BCUT2D eigenvalue weighted by molar-refractivity contribution is 0.198. The van der Waals surface area contributed by atoms with E-state index in [1.54, 1.807) is 0 Å². The second-order valence-corrected chi connectivity index (χ2v) is 5.24. The van der Waals surface area contributed by atoms with Crippen molar-refractivity contribution in [2.75, 3.05) is 31.1 Å². The largest absolute Gasteiger partial charge is 0.384 e. The van der Waals surface area contributed by atoms with Gasteiger partial charge in [0.25, 0.3) is 0 Å². The number of nitrogens with one attached hydrogen (secondary N) is 1. The summed E-state index contributed by atoms with van der Waals surface area (Å²) in [6.45, 7) is 10.4. The molecule has 6 nitrogen and oxygen atoms in total. The molecule has 0 bridgehead atoms. The van der Waals surface area contributed by atoms with Crippen LogP contribution in [0.4, 0.5) is 5.82 Å². The summed E-state index contributed by atoms with van der Waals surface area (Å²) in [6.07, 6.45) is 0. The number of piperazine rings is 1. The van der Waals surface area contributed by atoms with Crippen molar-refractivity contribution >= 4 is 11.7 Å². The quantitative estimate of drug-likeness (QED) is 0.617. The fourth-order valence-electron chi connectivity index (χ4n) is 2.98. The Morgan fingerprint density at radius 1 is 1.47 bits per heavy atom. The van der Waals surface area contributed by atoms with Gasteiger partial charge in [0.15, 0.2) is 0 Å². The number of hydrogen-bond donors (Lipinski definition) is 2. The van der Waals surface area contributed by atoms with Crippen molar-refractivity contribution in [1.82, 2.24) is 14.7 Å². The van der Waals surface area contributed by atoms with E-state index in [1.165, 1.54) is 0 Å². The smallest absolute Gasteiger partial charge is 0.137 e. The zero-order chi connectivity index (χ0) is 14.2. The summed E-state index contributed by atoms with van der Waals surface area (Å²) < 4.78 is 1.85. The monoisotopic (exact) mass is 264 g/mol. The van der Waals surface area contributed by atoms with Crippen LogP contribution in [0.25, 0.3) is 0 Å². The molecule has 1 aliphatic rings. The van der Waals surface area contributed by atoms with Crippen LogP contribution in [0.15, 0.2) is 0 Å². The minimum absolute atomic E-state index is 0.103. The second-order valence-electron chi connectivity index (χ2n) is 5.24. The fourth-order valence-corrected chi connectivity index (χ4v) is 2.98. The van der Waals surface area contributed by atoms with Crippen molar-refractivity contribution in [3.63, 3.8) is 0 Å². The number of aryl methyl sites for hydroxylation is 2. The molecule has 1 fully saturated rings. The third kappa shape index (κ3) is 2.45. The Kier molecular flexibility index (Phi) is 3.80. The summed E-state index contributed by atoms with van der Waals surface area (Å²) in [5.74, 6) is 1.08. The molecule has 1 aromatic heterocycles. The predicted octanol–water partition coefficient (Wildman–Crippen LogP) is 0.543. The van der Waals surface area contributed by atoms with Crippen molar-refractivity contribution in [2.45, 2.75) is 26.8 Å². The standard InChI is InChI=1S/C13H24N6/c1-5-18-6-7-19(8-9(18)2)13-11(12(14)15)10(3)16-17(13)4/h9H,5-8H2,1-4H3,(H3,14,15). The lowest BCUT2D eigenvalue weighted by Gasteiger charge is -2.40. The fraction of sp³-hybridized carbons (Fsp3) is 0.692. The van der Waals surface area contributed by atoms with Gasteiger partial charge in [-0.05, 0) is 20.4 Å². The highest BCUT2D eigenvalue weighted by Crippen LogP contribution is 2.25. The van der Waals surface area contributed by atoms with E-state index < -0.39 is 0 Å². The summed E-state index contributed by atoms with van der Waals surface area (Å²) in [4.78, 5) is 4.76. The molecule has 2 heterocycles. The second kappa shape index (κ2) is 5.21. The molecule has 1 saturated heterocycles. The highest BCUT2D eigenvalue weighted by atomic mass is 15.4. The Labute approximate surface area is 114 Å². The van der Waals surface area contributed by atoms with Crippen LogP contribution in [0.3, 0.4) is 0 Å². The predicted molar refractivity (Wildman–Crippen MR) is 77.9 cm³/mol. The first kappa shape index (κ1) is 13.9. The Morgan fingerprint density at radius 2 is 2.16 bits per heavy atom. The van der Waals surface area contributed by atoms with E-state index in [-0.39, 0.29) is 5.84 Å². The van der Waals surface area contributed by atoms with Crippen LogP contribution in [0, 0.1) is 12.3 Å². The minimum Gasteiger partial charge on any atom is -0.384 e. The Balaban J connectivity index is 2.31. The molecule has 0 radical (unpaired) electrons. The maximum atomic E-state index is 7.76. The van der Waals surface area contributed by atoms with E-state index in [0.29, 0.717) is 6.04 Å². The van der Waals surface area contributed by atoms with Crippen LogP contribution in [-0.2, 0) is 7.05 Å². The van der Waals surface area contributed by atoms with E-state index in [0.717, 1.165) is 43.3 Å². The number of hydrogen-bond acceptors (Lipinski definition) is 4. The third-order valence-corrected chi connectivity index (χ3v) is 3.93. The average molecular weight is 264 g/mol. The molecular formula is C13H24N6. The molecule has 0 saturated carbocycles. The van der Waals surface area contributed by atoms with Crippen molar-refractivity contribution in [3.05, 3.63) is 11.3 Å². The van der Waals surface area contributed by atoms with Crippen molar-refractivity contribution in [3.8, 4) is 0 Å². The number of rotatable bonds is 3. The Bertz CT molecular complexity index is 478. The van der Waals surface area contributed by atoms with Crippen molar-refractivity contribution < 1.29 is 0 Å². The molecule has 0 aliphatic carbocycles. The maximum Gasteiger partial charge on any atom is 0.137 e. The molecule has 1 aliphatic heterocycles. The maximum absolute atomic E-state index is 7.76.